The van der Waals surface area contributed by atoms with Gasteiger partial charge < -0.3 is 4.90 Å². The summed E-state index contributed by atoms with van der Waals surface area (Å²) in [4.78, 5) is 23.3. The number of aromatic nitrogens is 2. The molecule has 0 radical (unpaired) electrons. The van der Waals surface area contributed by atoms with Crippen LogP contribution in [-0.2, 0) is 9.84 Å². The molecule has 0 N–H and O–H groups in total. The van der Waals surface area contributed by atoms with Gasteiger partial charge in [-0.1, -0.05) is 6.07 Å². The highest BCUT2D eigenvalue weighted by Gasteiger charge is 2.45. The van der Waals surface area contributed by atoms with Crippen molar-refractivity contribution in [3.05, 3.63) is 36.3 Å². The second-order valence-electron chi connectivity index (χ2n) is 6.91. The molecule has 6 nitrogen and oxygen atoms in total. The maximum absolute atomic E-state index is 13.0. The van der Waals surface area contributed by atoms with Crippen molar-refractivity contribution in [1.82, 2.24) is 14.9 Å². The van der Waals surface area contributed by atoms with E-state index < -0.39 is 9.84 Å². The first-order valence-electron chi connectivity index (χ1n) is 8.18. The number of carbonyl (C=O) groups is 1. The molecular weight excluding hydrogens is 326 g/mol. The van der Waals surface area contributed by atoms with E-state index in [0.717, 1.165) is 18.2 Å². The Morgan fingerprint density at radius 3 is 2.83 bits per heavy atom. The Kier molecular flexibility index (Phi) is 3.56. The van der Waals surface area contributed by atoms with Crippen LogP contribution in [0.4, 0.5) is 0 Å². The fourth-order valence-electron chi connectivity index (χ4n) is 4.00. The number of fused-ring (bicyclic) bond motifs is 1. The maximum atomic E-state index is 13.0. The highest BCUT2D eigenvalue weighted by atomic mass is 32.2. The fourth-order valence-corrected chi connectivity index (χ4v) is 6.20. The average Bonchev–Trinajstić information content (AvgIpc) is 2.88. The Labute approximate surface area is 140 Å². The Hall–Kier alpha value is -2.02. The van der Waals surface area contributed by atoms with E-state index in [4.69, 9.17) is 0 Å². The third-order valence-electron chi connectivity index (χ3n) is 5.14. The number of carbonyl (C=O) groups excluding carboxylic acids is 1. The first-order valence-corrected chi connectivity index (χ1v) is 10.00. The Morgan fingerprint density at radius 1 is 1.17 bits per heavy atom. The lowest BCUT2D eigenvalue weighted by atomic mass is 9.79. The quantitative estimate of drug-likeness (QED) is 0.785. The minimum Gasteiger partial charge on any atom is -0.337 e. The highest BCUT2D eigenvalue weighted by molar-refractivity contribution is 7.91. The number of sulfone groups is 1. The smallest absolute Gasteiger partial charge is 0.274 e. The summed E-state index contributed by atoms with van der Waals surface area (Å²) < 4.78 is 23.8. The van der Waals surface area contributed by atoms with Gasteiger partial charge in [0.15, 0.2) is 15.5 Å². The third kappa shape index (κ3) is 2.66. The van der Waals surface area contributed by atoms with Gasteiger partial charge in [-0.25, -0.2) is 13.4 Å². The van der Waals surface area contributed by atoms with E-state index in [9.17, 15) is 13.2 Å². The summed E-state index contributed by atoms with van der Waals surface area (Å²) in [5.41, 5.74) is 0.680. The second kappa shape index (κ2) is 5.51. The first-order chi connectivity index (χ1) is 11.5. The van der Waals surface area contributed by atoms with Crippen molar-refractivity contribution >= 4 is 26.6 Å². The molecule has 2 aromatic rings. The molecule has 0 saturated carbocycles. The molecule has 2 aromatic heterocycles. The van der Waals surface area contributed by atoms with E-state index in [1.807, 2.05) is 18.2 Å². The van der Waals surface area contributed by atoms with Crippen LogP contribution >= 0.6 is 0 Å². The predicted octanol–water partition coefficient (Wildman–Crippen LogP) is 1.67. The van der Waals surface area contributed by atoms with Crippen LogP contribution in [0.3, 0.4) is 0 Å². The number of likely N-dealkylation sites (tertiary alicyclic amines) is 1. The normalized spacial score (nSPS) is 26.1. The highest BCUT2D eigenvalue weighted by Crippen LogP contribution is 2.40. The van der Waals surface area contributed by atoms with Crippen molar-refractivity contribution in [1.29, 1.82) is 0 Å². The van der Waals surface area contributed by atoms with E-state index in [1.54, 1.807) is 17.3 Å². The molecular formula is C17H19N3O3S. The first kappa shape index (κ1) is 15.5. The molecule has 2 fully saturated rings. The number of hydrogen-bond acceptors (Lipinski definition) is 5. The van der Waals surface area contributed by atoms with Crippen LogP contribution in [0.2, 0.25) is 0 Å². The van der Waals surface area contributed by atoms with Gasteiger partial charge in [-0.2, -0.15) is 0 Å². The monoisotopic (exact) mass is 345 g/mol. The molecule has 2 saturated heterocycles. The van der Waals surface area contributed by atoms with Crippen LogP contribution in [0.1, 0.15) is 29.8 Å². The summed E-state index contributed by atoms with van der Waals surface area (Å²) in [6.07, 6.45) is 5.63. The van der Waals surface area contributed by atoms with Gasteiger partial charge in [-0.05, 0) is 31.4 Å². The summed E-state index contributed by atoms with van der Waals surface area (Å²) in [7, 11) is -2.97. The number of piperidine rings is 1. The number of rotatable bonds is 1. The van der Waals surface area contributed by atoms with Gasteiger partial charge in [-0.15, -0.1) is 0 Å². The number of nitrogens with zero attached hydrogens (tertiary/aromatic N) is 3. The number of hydrogen-bond donors (Lipinski definition) is 0. The van der Waals surface area contributed by atoms with Gasteiger partial charge in [-0.3, -0.25) is 9.78 Å². The van der Waals surface area contributed by atoms with Gasteiger partial charge >= 0.3 is 0 Å². The topological polar surface area (TPSA) is 80.2 Å². The summed E-state index contributed by atoms with van der Waals surface area (Å²) >= 11 is 0. The van der Waals surface area contributed by atoms with Crippen LogP contribution in [0.15, 0.2) is 30.6 Å². The molecule has 4 rings (SSSR count). The lowest BCUT2D eigenvalue weighted by molar-refractivity contribution is 0.0560. The van der Waals surface area contributed by atoms with E-state index in [-0.39, 0.29) is 22.8 Å². The Morgan fingerprint density at radius 2 is 2.04 bits per heavy atom. The molecule has 0 aliphatic carbocycles. The zero-order valence-corrected chi connectivity index (χ0v) is 14.1. The maximum Gasteiger partial charge on any atom is 0.274 e. The predicted molar refractivity (Wildman–Crippen MR) is 90.4 cm³/mol. The summed E-state index contributed by atoms with van der Waals surface area (Å²) in [5.74, 6) is 0.288. The third-order valence-corrected chi connectivity index (χ3v) is 7.02. The Bertz CT molecular complexity index is 907. The molecule has 2 aliphatic rings. The molecule has 24 heavy (non-hydrogen) atoms. The van der Waals surface area contributed by atoms with E-state index >= 15 is 0 Å². The summed E-state index contributed by atoms with van der Waals surface area (Å²) in [6.45, 7) is 1.14. The average molecular weight is 345 g/mol. The number of pyridine rings is 2. The fraction of sp³-hybridized carbons (Fsp3) is 0.471. The van der Waals surface area contributed by atoms with Gasteiger partial charge in [0.05, 0.1) is 11.5 Å². The molecule has 2 aliphatic heterocycles. The zero-order chi connectivity index (χ0) is 16.8. The summed E-state index contributed by atoms with van der Waals surface area (Å²) in [5, 5.41) is 0.881. The van der Waals surface area contributed by atoms with Crippen molar-refractivity contribution < 1.29 is 13.2 Å². The molecule has 1 unspecified atom stereocenters. The second-order valence-corrected chi connectivity index (χ2v) is 9.09. The minimum absolute atomic E-state index is 0.150. The summed E-state index contributed by atoms with van der Waals surface area (Å²) in [6, 6.07) is 5.57. The van der Waals surface area contributed by atoms with E-state index in [2.05, 4.69) is 9.97 Å². The van der Waals surface area contributed by atoms with E-state index in [0.29, 0.717) is 30.7 Å². The molecule has 1 amide bonds. The molecule has 0 aromatic carbocycles. The van der Waals surface area contributed by atoms with Gasteiger partial charge in [0.1, 0.15) is 5.52 Å². The van der Waals surface area contributed by atoms with Crippen molar-refractivity contribution in [3.63, 3.8) is 0 Å². The molecule has 126 valence electrons. The van der Waals surface area contributed by atoms with Gasteiger partial charge in [0.25, 0.3) is 5.91 Å². The van der Waals surface area contributed by atoms with Crippen LogP contribution in [0, 0.1) is 5.41 Å². The molecule has 0 bridgehead atoms. The molecule has 1 spiro atoms. The lowest BCUT2D eigenvalue weighted by Crippen LogP contribution is -2.47. The zero-order valence-electron chi connectivity index (χ0n) is 13.3. The number of amides is 1. The molecule has 7 heteroatoms. The standard InChI is InChI=1S/C17H19N3O3S/c21-16(15-14-13(4-8-19-15)3-1-7-18-14)20-9-2-5-17(11-20)6-10-24(22,23)12-17/h1,3-4,7-8H,2,5-6,9-12H2. The van der Waals surface area contributed by atoms with Crippen LogP contribution in [0.25, 0.3) is 10.9 Å². The van der Waals surface area contributed by atoms with E-state index in [1.165, 1.54) is 0 Å². The Balaban J connectivity index is 1.65. The van der Waals surface area contributed by atoms with Gasteiger partial charge in [0.2, 0.25) is 0 Å². The largest absolute Gasteiger partial charge is 0.337 e. The van der Waals surface area contributed by atoms with Gasteiger partial charge in [0, 0.05) is 36.3 Å². The van der Waals surface area contributed by atoms with Crippen molar-refractivity contribution in [2.75, 3.05) is 24.6 Å². The van der Waals surface area contributed by atoms with Crippen molar-refractivity contribution in [3.8, 4) is 0 Å². The minimum atomic E-state index is -2.97. The molecule has 4 heterocycles. The van der Waals surface area contributed by atoms with Crippen LogP contribution in [0.5, 0.6) is 0 Å². The van der Waals surface area contributed by atoms with Crippen LogP contribution in [-0.4, -0.2) is 53.8 Å². The molecule has 1 atom stereocenters. The van der Waals surface area contributed by atoms with Crippen LogP contribution < -0.4 is 0 Å². The van der Waals surface area contributed by atoms with Crippen molar-refractivity contribution in [2.24, 2.45) is 5.41 Å². The van der Waals surface area contributed by atoms with Crippen molar-refractivity contribution in [2.45, 2.75) is 19.3 Å². The SMILES string of the molecule is O=C(c1nccc2cccnc12)N1CCCC2(CCS(=O)(=O)C2)C1. The lowest BCUT2D eigenvalue weighted by Gasteiger charge is -2.39.